The molecule has 28 heavy (non-hydrogen) atoms. The highest BCUT2D eigenvalue weighted by atomic mass is 16.6. The fourth-order valence-electron chi connectivity index (χ4n) is 3.27. The third kappa shape index (κ3) is 4.98. The average Bonchev–Trinajstić information content (AvgIpc) is 2.73. The number of hydrogen-bond acceptors (Lipinski definition) is 5. The number of carbonyl (C=O) groups is 1. The van der Waals surface area contributed by atoms with E-state index in [1.807, 2.05) is 6.07 Å². The molecule has 0 spiro atoms. The first-order valence-electron chi connectivity index (χ1n) is 9.17. The molecule has 0 aromatic heterocycles. The molecule has 1 amide bonds. The number of nitro groups is 1. The van der Waals surface area contributed by atoms with Gasteiger partial charge in [-0.05, 0) is 30.3 Å². The summed E-state index contributed by atoms with van der Waals surface area (Å²) in [5.41, 5.74) is 0.881. The van der Waals surface area contributed by atoms with E-state index in [0.29, 0.717) is 25.4 Å². The monoisotopic (exact) mass is 386 g/mol. The zero-order chi connectivity index (χ0) is 19.9. The number of nitrogens with one attached hydrogen (secondary N) is 1. The highest BCUT2D eigenvalue weighted by molar-refractivity contribution is 5.77. The molecule has 0 atom stereocenters. The Hall–Kier alpha value is -3.13. The van der Waals surface area contributed by atoms with Gasteiger partial charge in [-0.15, -0.1) is 0 Å². The van der Waals surface area contributed by atoms with Gasteiger partial charge in [0.25, 0.3) is 11.6 Å². The van der Waals surface area contributed by atoms with Gasteiger partial charge in [-0.3, -0.25) is 14.9 Å². The first kappa shape index (κ1) is 19.6. The Bertz CT molecular complexity index is 817. The van der Waals surface area contributed by atoms with Crippen LogP contribution in [0.25, 0.3) is 0 Å². The molecule has 0 radical (unpaired) electrons. The van der Waals surface area contributed by atoms with E-state index in [0.717, 1.165) is 24.4 Å². The molecule has 0 saturated carbocycles. The molecule has 2 aromatic carbocycles. The molecule has 8 nitrogen and oxygen atoms in total. The van der Waals surface area contributed by atoms with Crippen LogP contribution in [0.1, 0.15) is 5.56 Å². The number of para-hydroxylation sites is 1. The van der Waals surface area contributed by atoms with E-state index in [4.69, 9.17) is 9.47 Å². The van der Waals surface area contributed by atoms with Crippen molar-refractivity contribution in [1.29, 1.82) is 0 Å². The van der Waals surface area contributed by atoms with E-state index in [1.165, 1.54) is 11.0 Å². The van der Waals surface area contributed by atoms with Crippen LogP contribution in [0, 0.1) is 10.1 Å². The Balaban J connectivity index is 1.47. The standard InChI is InChI=1S/C20H23N3O5/c1-27-17-6-8-18(9-7-17)28-15-20(24)22-12-10-21(11-13-22)14-16-4-2-3-5-19(16)23(25)26/h2-9H,10-15H2,1H3/p+1. The predicted octanol–water partition coefficient (Wildman–Crippen LogP) is 0.910. The minimum Gasteiger partial charge on any atom is -0.497 e. The Morgan fingerprint density at radius 2 is 1.75 bits per heavy atom. The van der Waals surface area contributed by atoms with Crippen LogP contribution in [-0.2, 0) is 11.3 Å². The molecule has 1 fully saturated rings. The van der Waals surface area contributed by atoms with Crippen LogP contribution >= 0.6 is 0 Å². The topological polar surface area (TPSA) is 86.3 Å². The van der Waals surface area contributed by atoms with Crippen LogP contribution in [-0.4, -0.2) is 55.6 Å². The Morgan fingerprint density at radius 3 is 2.39 bits per heavy atom. The van der Waals surface area contributed by atoms with Gasteiger partial charge >= 0.3 is 0 Å². The first-order chi connectivity index (χ1) is 13.6. The molecule has 1 heterocycles. The molecular weight excluding hydrogens is 362 g/mol. The summed E-state index contributed by atoms with van der Waals surface area (Å²) in [6, 6.07) is 13.9. The largest absolute Gasteiger partial charge is 0.497 e. The summed E-state index contributed by atoms with van der Waals surface area (Å²) >= 11 is 0. The number of nitro benzene ring substituents is 1. The lowest BCUT2D eigenvalue weighted by molar-refractivity contribution is -0.917. The van der Waals surface area contributed by atoms with Gasteiger partial charge in [0, 0.05) is 6.07 Å². The zero-order valence-corrected chi connectivity index (χ0v) is 15.8. The summed E-state index contributed by atoms with van der Waals surface area (Å²) in [6.07, 6.45) is 0. The predicted molar refractivity (Wildman–Crippen MR) is 103 cm³/mol. The minimum atomic E-state index is -0.342. The Kier molecular flexibility index (Phi) is 6.44. The molecule has 1 N–H and O–H groups in total. The maximum Gasteiger partial charge on any atom is 0.278 e. The number of amides is 1. The van der Waals surface area contributed by atoms with Crippen LogP contribution in [0.4, 0.5) is 5.69 Å². The molecule has 8 heteroatoms. The van der Waals surface area contributed by atoms with Crippen molar-refractivity contribution in [3.05, 3.63) is 64.2 Å². The molecule has 1 aliphatic heterocycles. The summed E-state index contributed by atoms with van der Waals surface area (Å²) in [7, 11) is 1.59. The van der Waals surface area contributed by atoms with Gasteiger partial charge in [-0.1, -0.05) is 12.1 Å². The van der Waals surface area contributed by atoms with Crippen LogP contribution in [0.5, 0.6) is 11.5 Å². The molecule has 1 saturated heterocycles. The Morgan fingerprint density at radius 1 is 1.11 bits per heavy atom. The van der Waals surface area contributed by atoms with Crippen LogP contribution < -0.4 is 14.4 Å². The first-order valence-corrected chi connectivity index (χ1v) is 9.17. The molecule has 2 aromatic rings. The molecule has 0 aliphatic carbocycles. The summed E-state index contributed by atoms with van der Waals surface area (Å²) < 4.78 is 10.6. The minimum absolute atomic E-state index is 0.00812. The highest BCUT2D eigenvalue weighted by Gasteiger charge is 2.26. The van der Waals surface area contributed by atoms with Gasteiger partial charge in [0.15, 0.2) is 6.61 Å². The van der Waals surface area contributed by atoms with E-state index >= 15 is 0 Å². The van der Waals surface area contributed by atoms with Crippen LogP contribution in [0.2, 0.25) is 0 Å². The zero-order valence-electron chi connectivity index (χ0n) is 15.8. The maximum absolute atomic E-state index is 12.4. The lowest BCUT2D eigenvalue weighted by Crippen LogP contribution is -3.13. The number of ether oxygens (including phenoxy) is 2. The fourth-order valence-corrected chi connectivity index (χ4v) is 3.27. The number of carbonyl (C=O) groups excluding carboxylic acids is 1. The van der Waals surface area contributed by atoms with Crippen molar-refractivity contribution in [1.82, 2.24) is 4.90 Å². The molecule has 148 valence electrons. The van der Waals surface area contributed by atoms with Crippen LogP contribution in [0.15, 0.2) is 48.5 Å². The number of nitrogens with zero attached hydrogens (tertiary/aromatic N) is 2. The maximum atomic E-state index is 12.4. The normalized spacial score (nSPS) is 14.5. The van der Waals surface area contributed by atoms with E-state index < -0.39 is 0 Å². The van der Waals surface area contributed by atoms with E-state index in [1.54, 1.807) is 48.4 Å². The Labute approximate surface area is 163 Å². The summed E-state index contributed by atoms with van der Waals surface area (Å²) in [4.78, 5) is 26.2. The van der Waals surface area contributed by atoms with Gasteiger partial charge in [-0.2, -0.15) is 0 Å². The molecular formula is C20H24N3O5+. The van der Waals surface area contributed by atoms with Crippen molar-refractivity contribution in [2.45, 2.75) is 6.54 Å². The number of piperazine rings is 1. The second-order valence-corrected chi connectivity index (χ2v) is 6.66. The second kappa shape index (κ2) is 9.18. The quantitative estimate of drug-likeness (QED) is 0.565. The summed E-state index contributed by atoms with van der Waals surface area (Å²) in [5, 5.41) is 11.2. The second-order valence-electron chi connectivity index (χ2n) is 6.66. The van der Waals surface area contributed by atoms with Gasteiger partial charge in [-0.25, -0.2) is 0 Å². The molecule has 1 aliphatic rings. The third-order valence-corrected chi connectivity index (χ3v) is 4.87. The van der Waals surface area contributed by atoms with E-state index in [2.05, 4.69) is 0 Å². The van der Waals surface area contributed by atoms with Crippen molar-refractivity contribution in [2.24, 2.45) is 0 Å². The van der Waals surface area contributed by atoms with Gasteiger partial charge in [0.2, 0.25) is 0 Å². The van der Waals surface area contributed by atoms with E-state index in [-0.39, 0.29) is 23.1 Å². The van der Waals surface area contributed by atoms with Gasteiger partial charge in [0.1, 0.15) is 18.0 Å². The van der Waals surface area contributed by atoms with Gasteiger partial charge < -0.3 is 19.3 Å². The number of methoxy groups -OCH3 is 1. The molecule has 3 rings (SSSR count). The summed E-state index contributed by atoms with van der Waals surface area (Å²) in [5.74, 6) is 1.30. The highest BCUT2D eigenvalue weighted by Crippen LogP contribution is 2.17. The van der Waals surface area contributed by atoms with E-state index in [9.17, 15) is 14.9 Å². The molecule has 0 bridgehead atoms. The van der Waals surface area contributed by atoms with Crippen molar-refractivity contribution >= 4 is 11.6 Å². The van der Waals surface area contributed by atoms with Crippen molar-refractivity contribution in [3.63, 3.8) is 0 Å². The number of hydrogen-bond donors (Lipinski definition) is 1. The van der Waals surface area contributed by atoms with Gasteiger partial charge in [0.05, 0.1) is 43.8 Å². The lowest BCUT2D eigenvalue weighted by Gasteiger charge is -2.32. The van der Waals surface area contributed by atoms with Crippen LogP contribution in [0.3, 0.4) is 0 Å². The number of rotatable bonds is 7. The third-order valence-electron chi connectivity index (χ3n) is 4.87. The average molecular weight is 386 g/mol. The smallest absolute Gasteiger partial charge is 0.278 e. The van der Waals surface area contributed by atoms with Crippen molar-refractivity contribution in [2.75, 3.05) is 39.9 Å². The number of quaternary nitrogens is 1. The lowest BCUT2D eigenvalue weighted by atomic mass is 10.1. The van der Waals surface area contributed by atoms with Crippen molar-refractivity contribution < 1.29 is 24.1 Å². The SMILES string of the molecule is COc1ccc(OCC(=O)N2CC[NH+](Cc3ccccc3[N+](=O)[O-])CC2)cc1. The number of benzene rings is 2. The summed E-state index contributed by atoms with van der Waals surface area (Å²) in [6.45, 7) is 3.30. The fraction of sp³-hybridized carbons (Fsp3) is 0.350. The molecule has 0 unspecified atom stereocenters. The van der Waals surface area contributed by atoms with Crippen molar-refractivity contribution in [3.8, 4) is 11.5 Å².